The van der Waals surface area contributed by atoms with Gasteiger partial charge in [-0.25, -0.2) is 9.50 Å². The Labute approximate surface area is 140 Å². The number of benzene rings is 2. The number of H-pyrrole nitrogens is 1. The van der Waals surface area contributed by atoms with Crippen LogP contribution >= 0.6 is 0 Å². The number of tetrazole rings is 1. The Balaban J connectivity index is 1.74. The molecule has 5 rings (SSSR count). The number of fused-ring (bicyclic) bond motifs is 2. The van der Waals surface area contributed by atoms with Gasteiger partial charge in [0.15, 0.2) is 5.65 Å². The lowest BCUT2D eigenvalue weighted by Gasteiger charge is -2.09. The van der Waals surface area contributed by atoms with Crippen LogP contribution in [0, 0.1) is 0 Å². The second-order valence-corrected chi connectivity index (χ2v) is 5.59. The number of phenolic OH excluding ortho intramolecular Hbond substituents is 1. The van der Waals surface area contributed by atoms with Crippen molar-refractivity contribution in [2.45, 2.75) is 0 Å². The molecule has 120 valence electrons. The van der Waals surface area contributed by atoms with E-state index in [2.05, 4.69) is 30.7 Å². The molecular formula is C17H11N7O. The standard InChI is InChI=1S/C17H11N7O/c25-14-6-5-10-3-1-2-4-12(10)15(14)11-7-18-17-13(8-19-24(17)9-11)16-20-22-23-21-16/h1-9,25H,(H,20,21,22,23). The van der Waals surface area contributed by atoms with Crippen molar-refractivity contribution in [3.8, 4) is 28.3 Å². The first-order chi connectivity index (χ1) is 12.3. The predicted octanol–water partition coefficient (Wildman–Crippen LogP) is 2.44. The summed E-state index contributed by atoms with van der Waals surface area (Å²) in [4.78, 5) is 4.49. The van der Waals surface area contributed by atoms with Crippen molar-refractivity contribution < 1.29 is 5.11 Å². The van der Waals surface area contributed by atoms with Crippen molar-refractivity contribution in [2.75, 3.05) is 0 Å². The Hall–Kier alpha value is -3.81. The largest absolute Gasteiger partial charge is 0.507 e. The molecule has 0 spiro atoms. The Morgan fingerprint density at radius 1 is 1.04 bits per heavy atom. The monoisotopic (exact) mass is 329 g/mol. The molecule has 3 heterocycles. The number of phenols is 1. The van der Waals surface area contributed by atoms with Gasteiger partial charge in [-0.2, -0.15) is 10.3 Å². The predicted molar refractivity (Wildman–Crippen MR) is 90.8 cm³/mol. The maximum Gasteiger partial charge on any atom is 0.210 e. The normalized spacial score (nSPS) is 11.4. The first-order valence-corrected chi connectivity index (χ1v) is 7.59. The van der Waals surface area contributed by atoms with Gasteiger partial charge in [-0.1, -0.05) is 30.3 Å². The van der Waals surface area contributed by atoms with E-state index in [1.165, 1.54) is 0 Å². The third-order valence-corrected chi connectivity index (χ3v) is 4.14. The molecule has 8 nitrogen and oxygen atoms in total. The molecule has 0 bridgehead atoms. The van der Waals surface area contributed by atoms with Crippen LogP contribution in [0.2, 0.25) is 0 Å². The van der Waals surface area contributed by atoms with Crippen molar-refractivity contribution in [3.63, 3.8) is 0 Å². The van der Waals surface area contributed by atoms with Crippen molar-refractivity contribution >= 4 is 16.4 Å². The number of aromatic nitrogens is 7. The van der Waals surface area contributed by atoms with Crippen LogP contribution in [-0.2, 0) is 0 Å². The van der Waals surface area contributed by atoms with Crippen LogP contribution in [0.1, 0.15) is 0 Å². The lowest BCUT2D eigenvalue weighted by Crippen LogP contribution is -1.93. The number of aromatic hydroxyl groups is 1. The zero-order chi connectivity index (χ0) is 16.8. The topological polar surface area (TPSA) is 105 Å². The molecule has 2 aromatic carbocycles. The number of hydrogen-bond donors (Lipinski definition) is 2. The minimum absolute atomic E-state index is 0.199. The van der Waals surface area contributed by atoms with Crippen molar-refractivity contribution in [3.05, 3.63) is 55.0 Å². The third-order valence-electron chi connectivity index (χ3n) is 4.14. The van der Waals surface area contributed by atoms with Gasteiger partial charge < -0.3 is 5.11 Å². The van der Waals surface area contributed by atoms with E-state index in [4.69, 9.17) is 0 Å². The van der Waals surface area contributed by atoms with E-state index in [1.54, 1.807) is 23.0 Å². The van der Waals surface area contributed by atoms with E-state index in [9.17, 15) is 5.11 Å². The van der Waals surface area contributed by atoms with Crippen LogP contribution in [0.5, 0.6) is 5.75 Å². The summed E-state index contributed by atoms with van der Waals surface area (Å²) >= 11 is 0. The molecule has 2 N–H and O–H groups in total. The average molecular weight is 329 g/mol. The van der Waals surface area contributed by atoms with Crippen molar-refractivity contribution in [2.24, 2.45) is 0 Å². The molecule has 8 heteroatoms. The maximum absolute atomic E-state index is 10.4. The lowest BCUT2D eigenvalue weighted by molar-refractivity contribution is 0.478. The second kappa shape index (κ2) is 5.10. The van der Waals surface area contributed by atoms with E-state index < -0.39 is 0 Å². The highest BCUT2D eigenvalue weighted by molar-refractivity contribution is 5.99. The van der Waals surface area contributed by atoms with Gasteiger partial charge >= 0.3 is 0 Å². The van der Waals surface area contributed by atoms with E-state index in [0.717, 1.165) is 21.9 Å². The number of nitrogens with zero attached hydrogens (tertiary/aromatic N) is 6. The second-order valence-electron chi connectivity index (χ2n) is 5.59. The molecule has 25 heavy (non-hydrogen) atoms. The molecule has 0 saturated carbocycles. The number of nitrogens with one attached hydrogen (secondary N) is 1. The minimum Gasteiger partial charge on any atom is -0.507 e. The van der Waals surface area contributed by atoms with Gasteiger partial charge in [0.2, 0.25) is 5.82 Å². The zero-order valence-electron chi connectivity index (χ0n) is 12.8. The molecular weight excluding hydrogens is 318 g/mol. The van der Waals surface area contributed by atoms with E-state index in [0.29, 0.717) is 17.0 Å². The Morgan fingerprint density at radius 2 is 1.96 bits per heavy atom. The van der Waals surface area contributed by atoms with E-state index >= 15 is 0 Å². The highest BCUT2D eigenvalue weighted by Crippen LogP contribution is 2.36. The summed E-state index contributed by atoms with van der Waals surface area (Å²) in [5, 5.41) is 30.6. The summed E-state index contributed by atoms with van der Waals surface area (Å²) in [6.07, 6.45) is 5.18. The van der Waals surface area contributed by atoms with Crippen LogP contribution in [-0.4, -0.2) is 40.3 Å². The molecule has 0 radical (unpaired) electrons. The molecule has 0 fully saturated rings. The summed E-state index contributed by atoms with van der Waals surface area (Å²) in [7, 11) is 0. The molecule has 3 aromatic heterocycles. The van der Waals surface area contributed by atoms with E-state index in [1.807, 2.05) is 36.5 Å². The first kappa shape index (κ1) is 13.6. The number of hydrogen-bond acceptors (Lipinski definition) is 6. The average Bonchev–Trinajstić information content (AvgIpc) is 3.30. The van der Waals surface area contributed by atoms with Crippen LogP contribution in [0.4, 0.5) is 0 Å². The fourth-order valence-electron chi connectivity index (χ4n) is 3.00. The van der Waals surface area contributed by atoms with Crippen LogP contribution < -0.4 is 0 Å². The van der Waals surface area contributed by atoms with Crippen LogP contribution in [0.15, 0.2) is 55.0 Å². The fraction of sp³-hybridized carbons (Fsp3) is 0. The van der Waals surface area contributed by atoms with Gasteiger partial charge in [0.1, 0.15) is 5.75 Å². The quantitative estimate of drug-likeness (QED) is 0.515. The Bertz CT molecular complexity index is 1210. The highest BCUT2D eigenvalue weighted by atomic mass is 16.3. The molecule has 0 amide bonds. The Morgan fingerprint density at radius 3 is 2.84 bits per heavy atom. The molecule has 0 aliphatic carbocycles. The molecule has 5 aromatic rings. The Kier molecular flexibility index (Phi) is 2.78. The number of rotatable bonds is 2. The summed E-state index contributed by atoms with van der Waals surface area (Å²) < 4.78 is 1.64. The van der Waals surface area contributed by atoms with Gasteiger partial charge in [0.05, 0.1) is 11.8 Å². The summed E-state index contributed by atoms with van der Waals surface area (Å²) in [6, 6.07) is 11.5. The first-order valence-electron chi connectivity index (χ1n) is 7.59. The number of aromatic amines is 1. The smallest absolute Gasteiger partial charge is 0.210 e. The minimum atomic E-state index is 0.199. The van der Waals surface area contributed by atoms with Gasteiger partial charge in [-0.15, -0.1) is 10.2 Å². The SMILES string of the molecule is Oc1ccc2ccccc2c1-c1cnc2c(-c3nn[nH]n3)cnn2c1. The van der Waals surface area contributed by atoms with Crippen LogP contribution in [0.25, 0.3) is 38.9 Å². The molecule has 0 unspecified atom stereocenters. The zero-order valence-corrected chi connectivity index (χ0v) is 12.8. The highest BCUT2D eigenvalue weighted by Gasteiger charge is 2.15. The van der Waals surface area contributed by atoms with Gasteiger partial charge in [0.25, 0.3) is 0 Å². The molecule has 0 atom stereocenters. The lowest BCUT2D eigenvalue weighted by atomic mass is 9.99. The molecule has 0 saturated heterocycles. The summed E-state index contributed by atoms with van der Waals surface area (Å²) in [5.74, 6) is 0.633. The fourth-order valence-corrected chi connectivity index (χ4v) is 3.00. The third kappa shape index (κ3) is 2.04. The van der Waals surface area contributed by atoms with Gasteiger partial charge in [-0.05, 0) is 22.1 Å². The van der Waals surface area contributed by atoms with Crippen LogP contribution in [0.3, 0.4) is 0 Å². The van der Waals surface area contributed by atoms with E-state index in [-0.39, 0.29) is 5.75 Å². The summed E-state index contributed by atoms with van der Waals surface area (Å²) in [5.41, 5.74) is 2.79. The molecule has 0 aliphatic rings. The summed E-state index contributed by atoms with van der Waals surface area (Å²) in [6.45, 7) is 0. The van der Waals surface area contributed by atoms with Gasteiger partial charge in [0, 0.05) is 23.5 Å². The van der Waals surface area contributed by atoms with Crippen molar-refractivity contribution in [1.82, 2.24) is 35.2 Å². The van der Waals surface area contributed by atoms with Gasteiger partial charge in [-0.3, -0.25) is 0 Å². The van der Waals surface area contributed by atoms with Crippen molar-refractivity contribution in [1.29, 1.82) is 0 Å². The molecule has 0 aliphatic heterocycles. The maximum atomic E-state index is 10.4.